The van der Waals surface area contributed by atoms with Crippen LogP contribution in [-0.2, 0) is 9.47 Å². The van der Waals surface area contributed by atoms with Gasteiger partial charge in [0.2, 0.25) is 0 Å². The van der Waals surface area contributed by atoms with Crippen LogP contribution < -0.4 is 5.32 Å². The van der Waals surface area contributed by atoms with Crippen molar-refractivity contribution in [2.45, 2.75) is 38.3 Å². The third-order valence-corrected chi connectivity index (χ3v) is 2.53. The average molecular weight is 212 g/mol. The zero-order valence-corrected chi connectivity index (χ0v) is 9.37. The molecule has 1 fully saturated rings. The molecule has 0 aromatic rings. The van der Waals surface area contributed by atoms with Crippen molar-refractivity contribution in [1.29, 1.82) is 5.26 Å². The van der Waals surface area contributed by atoms with Gasteiger partial charge in [-0.1, -0.05) is 6.92 Å². The summed E-state index contributed by atoms with van der Waals surface area (Å²) in [6.07, 6.45) is 3.07. The van der Waals surface area contributed by atoms with E-state index in [2.05, 4.69) is 11.4 Å². The summed E-state index contributed by atoms with van der Waals surface area (Å²) in [6, 6.07) is 2.15. The van der Waals surface area contributed by atoms with E-state index >= 15 is 0 Å². The van der Waals surface area contributed by atoms with Gasteiger partial charge in [0.05, 0.1) is 18.2 Å². The molecule has 1 aliphatic rings. The lowest BCUT2D eigenvalue weighted by Gasteiger charge is -2.22. The Bertz CT molecular complexity index is 197. The van der Waals surface area contributed by atoms with Crippen molar-refractivity contribution in [3.8, 4) is 6.07 Å². The Balaban J connectivity index is 2.06. The second-order valence-corrected chi connectivity index (χ2v) is 3.71. The van der Waals surface area contributed by atoms with Crippen molar-refractivity contribution in [3.05, 3.63) is 0 Å². The fourth-order valence-corrected chi connectivity index (χ4v) is 1.65. The molecule has 0 spiro atoms. The minimum Gasteiger partial charge on any atom is -0.381 e. The minimum atomic E-state index is -0.0742. The number of ether oxygens (including phenoxy) is 2. The molecule has 0 bridgehead atoms. The van der Waals surface area contributed by atoms with Crippen molar-refractivity contribution in [2.24, 2.45) is 0 Å². The first-order valence-corrected chi connectivity index (χ1v) is 5.69. The first-order chi connectivity index (χ1) is 7.36. The van der Waals surface area contributed by atoms with E-state index in [1.54, 1.807) is 0 Å². The number of nitrogens with one attached hydrogen (secondary N) is 1. The molecule has 0 aromatic heterocycles. The van der Waals surface area contributed by atoms with E-state index in [0.717, 1.165) is 39.0 Å². The molecule has 1 atom stereocenters. The number of nitriles is 1. The van der Waals surface area contributed by atoms with Crippen LogP contribution in [-0.4, -0.2) is 38.5 Å². The zero-order chi connectivity index (χ0) is 10.9. The van der Waals surface area contributed by atoms with Gasteiger partial charge in [-0.3, -0.25) is 0 Å². The van der Waals surface area contributed by atoms with Crippen LogP contribution >= 0.6 is 0 Å². The maximum atomic E-state index is 8.81. The first-order valence-electron chi connectivity index (χ1n) is 5.69. The Morgan fingerprint density at radius 2 is 2.27 bits per heavy atom. The maximum absolute atomic E-state index is 8.81. The first kappa shape index (κ1) is 12.4. The van der Waals surface area contributed by atoms with E-state index in [1.807, 2.05) is 6.92 Å². The van der Waals surface area contributed by atoms with Crippen molar-refractivity contribution in [1.82, 2.24) is 5.32 Å². The van der Waals surface area contributed by atoms with Crippen LogP contribution in [0.1, 0.15) is 26.2 Å². The highest BCUT2D eigenvalue weighted by molar-refractivity contribution is 4.88. The normalized spacial score (nSPS) is 19.7. The molecule has 1 heterocycles. The highest BCUT2D eigenvalue weighted by Gasteiger charge is 2.14. The van der Waals surface area contributed by atoms with Crippen LogP contribution in [0.25, 0.3) is 0 Å². The largest absolute Gasteiger partial charge is 0.381 e. The third-order valence-electron chi connectivity index (χ3n) is 2.53. The molecule has 1 N–H and O–H groups in total. The summed E-state index contributed by atoms with van der Waals surface area (Å²) in [6.45, 7) is 5.11. The van der Waals surface area contributed by atoms with E-state index in [4.69, 9.17) is 14.7 Å². The van der Waals surface area contributed by atoms with Gasteiger partial charge in [-0.2, -0.15) is 5.26 Å². The van der Waals surface area contributed by atoms with Crippen LogP contribution in [0.2, 0.25) is 0 Å². The predicted molar refractivity (Wildman–Crippen MR) is 57.5 cm³/mol. The molecule has 0 aliphatic carbocycles. The van der Waals surface area contributed by atoms with Crippen LogP contribution in [0.5, 0.6) is 0 Å². The van der Waals surface area contributed by atoms with Crippen LogP contribution in [0.4, 0.5) is 0 Å². The van der Waals surface area contributed by atoms with E-state index in [-0.39, 0.29) is 6.04 Å². The number of nitrogens with zero attached hydrogens (tertiary/aromatic N) is 1. The highest BCUT2D eigenvalue weighted by Crippen LogP contribution is 2.10. The van der Waals surface area contributed by atoms with E-state index in [0.29, 0.717) is 12.7 Å². The van der Waals surface area contributed by atoms with Gasteiger partial charge < -0.3 is 14.8 Å². The summed E-state index contributed by atoms with van der Waals surface area (Å²) < 4.78 is 10.9. The molecule has 0 radical (unpaired) electrons. The van der Waals surface area contributed by atoms with Gasteiger partial charge >= 0.3 is 0 Å². The average Bonchev–Trinajstić information content (AvgIpc) is 2.29. The Kier molecular flexibility index (Phi) is 6.33. The predicted octanol–water partition coefficient (Wildman–Crippen LogP) is 1.07. The van der Waals surface area contributed by atoms with Crippen molar-refractivity contribution >= 4 is 0 Å². The topological polar surface area (TPSA) is 54.3 Å². The molecule has 4 nitrogen and oxygen atoms in total. The second kappa shape index (κ2) is 7.63. The molecule has 1 rings (SSSR count). The van der Waals surface area contributed by atoms with Gasteiger partial charge in [-0.05, 0) is 25.8 Å². The summed E-state index contributed by atoms with van der Waals surface area (Å²) in [5.41, 5.74) is 0. The molecule has 1 saturated heterocycles. The van der Waals surface area contributed by atoms with Gasteiger partial charge in [-0.25, -0.2) is 0 Å². The van der Waals surface area contributed by atoms with Crippen molar-refractivity contribution in [3.63, 3.8) is 0 Å². The van der Waals surface area contributed by atoms with Crippen LogP contribution in [0.3, 0.4) is 0 Å². The Morgan fingerprint density at radius 1 is 1.53 bits per heavy atom. The molecule has 1 aliphatic heterocycles. The summed E-state index contributed by atoms with van der Waals surface area (Å²) in [7, 11) is 0. The smallest absolute Gasteiger partial charge is 0.0974 e. The molecular weight excluding hydrogens is 192 g/mol. The fourth-order valence-electron chi connectivity index (χ4n) is 1.65. The van der Waals surface area contributed by atoms with Gasteiger partial charge in [0.15, 0.2) is 0 Å². The zero-order valence-electron chi connectivity index (χ0n) is 9.37. The van der Waals surface area contributed by atoms with Crippen molar-refractivity contribution in [2.75, 3.05) is 26.4 Å². The Hall–Kier alpha value is -0.630. The summed E-state index contributed by atoms with van der Waals surface area (Å²) in [5, 5.41) is 11.9. The van der Waals surface area contributed by atoms with E-state index in [1.165, 1.54) is 0 Å². The van der Waals surface area contributed by atoms with Crippen LogP contribution in [0, 0.1) is 11.3 Å². The third kappa shape index (κ3) is 5.12. The van der Waals surface area contributed by atoms with Gasteiger partial charge in [0.25, 0.3) is 0 Å². The van der Waals surface area contributed by atoms with Crippen LogP contribution in [0.15, 0.2) is 0 Å². The lowest BCUT2D eigenvalue weighted by Crippen LogP contribution is -2.30. The Labute approximate surface area is 91.6 Å². The monoisotopic (exact) mass is 212 g/mol. The van der Waals surface area contributed by atoms with E-state index < -0.39 is 0 Å². The SMILES string of the molecule is CCNC(C#N)CCOC1CCOCC1. The number of rotatable bonds is 6. The molecule has 0 aromatic carbocycles. The Morgan fingerprint density at radius 3 is 2.87 bits per heavy atom. The summed E-state index contributed by atoms with van der Waals surface area (Å²) in [4.78, 5) is 0. The molecule has 86 valence electrons. The second-order valence-electron chi connectivity index (χ2n) is 3.71. The lowest BCUT2D eigenvalue weighted by atomic mass is 10.1. The number of hydrogen-bond donors (Lipinski definition) is 1. The summed E-state index contributed by atoms with van der Waals surface area (Å²) in [5.74, 6) is 0. The molecular formula is C11H20N2O2. The fraction of sp³-hybridized carbons (Fsp3) is 0.909. The van der Waals surface area contributed by atoms with Gasteiger partial charge in [0, 0.05) is 19.8 Å². The van der Waals surface area contributed by atoms with E-state index in [9.17, 15) is 0 Å². The minimum absolute atomic E-state index is 0.0742. The molecule has 0 saturated carbocycles. The quantitative estimate of drug-likeness (QED) is 0.715. The standard InChI is InChI=1S/C11H20N2O2/c1-2-13-10(9-12)3-8-15-11-4-6-14-7-5-11/h10-11,13H,2-8H2,1H3. The van der Waals surface area contributed by atoms with Gasteiger partial charge in [-0.15, -0.1) is 0 Å². The molecule has 4 heteroatoms. The van der Waals surface area contributed by atoms with Crippen molar-refractivity contribution < 1.29 is 9.47 Å². The summed E-state index contributed by atoms with van der Waals surface area (Å²) >= 11 is 0. The van der Waals surface area contributed by atoms with Gasteiger partial charge in [0.1, 0.15) is 0 Å². The maximum Gasteiger partial charge on any atom is 0.0974 e. The number of hydrogen-bond acceptors (Lipinski definition) is 4. The molecule has 15 heavy (non-hydrogen) atoms. The highest BCUT2D eigenvalue weighted by atomic mass is 16.5. The molecule has 0 amide bonds. The molecule has 1 unspecified atom stereocenters. The lowest BCUT2D eigenvalue weighted by molar-refractivity contribution is -0.0331.